The molecule has 0 bridgehead atoms. The molecule has 0 saturated heterocycles. The Bertz CT molecular complexity index is 423. The lowest BCUT2D eigenvalue weighted by atomic mass is 10.1. The van der Waals surface area contributed by atoms with E-state index in [1.165, 1.54) is 0 Å². The Morgan fingerprint density at radius 2 is 1.25 bits per heavy atom. The first kappa shape index (κ1) is 16.6. The van der Waals surface area contributed by atoms with Crippen LogP contribution in [0.3, 0.4) is 0 Å². The van der Waals surface area contributed by atoms with Crippen molar-refractivity contribution in [3.8, 4) is 5.75 Å². The molecule has 0 saturated carbocycles. The number of rotatable bonds is 4. The van der Waals surface area contributed by atoms with Crippen molar-refractivity contribution in [3.05, 3.63) is 29.3 Å². The molecule has 112 valence electrons. The molecule has 3 nitrogen and oxygen atoms in total. The van der Waals surface area contributed by atoms with Crippen LogP contribution < -0.4 is 4.65 Å². The quantitative estimate of drug-likeness (QED) is 0.630. The Labute approximate surface area is 110 Å². The van der Waals surface area contributed by atoms with Crippen LogP contribution in [0, 0.1) is 0 Å². The minimum Gasteiger partial charge on any atom is -0.511 e. The lowest BCUT2D eigenvalue weighted by Crippen LogP contribution is -2.30. The van der Waals surface area contributed by atoms with Crippen molar-refractivity contribution < 1.29 is 40.3 Å². The van der Waals surface area contributed by atoms with Crippen molar-refractivity contribution in [3.63, 3.8) is 0 Å². The largest absolute Gasteiger partial charge is 0.712 e. The summed E-state index contributed by atoms with van der Waals surface area (Å²) in [5.41, 5.74) is -3.13. The summed E-state index contributed by atoms with van der Waals surface area (Å²) in [6.45, 7) is 0. The Kier molecular flexibility index (Phi) is 4.92. The Morgan fingerprint density at radius 1 is 0.850 bits per heavy atom. The third-order valence-corrected chi connectivity index (χ3v) is 2.22. The summed E-state index contributed by atoms with van der Waals surface area (Å²) in [6, 6.07) is 1.60. The van der Waals surface area contributed by atoms with Crippen molar-refractivity contribution in [2.75, 3.05) is 14.2 Å². The van der Waals surface area contributed by atoms with Crippen molar-refractivity contribution in [2.45, 2.75) is 12.4 Å². The van der Waals surface area contributed by atoms with Crippen LogP contribution in [-0.4, -0.2) is 21.5 Å². The summed E-state index contributed by atoms with van der Waals surface area (Å²) in [5.74, 6) is -1.39. The fourth-order valence-corrected chi connectivity index (χ4v) is 1.40. The van der Waals surface area contributed by atoms with Gasteiger partial charge in [-0.1, -0.05) is 6.07 Å². The van der Waals surface area contributed by atoms with Gasteiger partial charge in [0.25, 0.3) is 0 Å². The molecule has 1 rings (SSSR count). The van der Waals surface area contributed by atoms with Crippen molar-refractivity contribution >= 4 is 7.32 Å². The maximum Gasteiger partial charge on any atom is 0.712 e. The van der Waals surface area contributed by atoms with E-state index in [0.717, 1.165) is 14.2 Å². The molecule has 0 unspecified atom stereocenters. The van der Waals surface area contributed by atoms with E-state index in [-0.39, 0.29) is 0 Å². The molecule has 0 aliphatic rings. The van der Waals surface area contributed by atoms with E-state index in [1.807, 2.05) is 0 Å². The molecule has 0 N–H and O–H groups in total. The fourth-order valence-electron chi connectivity index (χ4n) is 1.40. The van der Waals surface area contributed by atoms with Gasteiger partial charge in [-0.3, -0.25) is 0 Å². The number of hydrogen-bond acceptors (Lipinski definition) is 3. The third-order valence-electron chi connectivity index (χ3n) is 2.22. The molecule has 0 atom stereocenters. The standard InChI is InChI=1S/C10H9BF6O3/c1-18-11(19-2)20-8-6(9(12,13)14)4-3-5-7(8)10(15,16)17/h3-5H,1-2H3. The number of para-hydroxylation sites is 1. The highest BCUT2D eigenvalue weighted by Gasteiger charge is 2.43. The third kappa shape index (κ3) is 3.79. The van der Waals surface area contributed by atoms with Gasteiger partial charge in [0.15, 0.2) is 0 Å². The maximum atomic E-state index is 12.7. The van der Waals surface area contributed by atoms with Gasteiger partial charge in [-0.15, -0.1) is 0 Å². The smallest absolute Gasteiger partial charge is 0.511 e. The summed E-state index contributed by atoms with van der Waals surface area (Å²) in [6.07, 6.45) is -10.0. The molecule has 0 aliphatic heterocycles. The second-order valence-electron chi connectivity index (χ2n) is 3.56. The molecule has 0 radical (unpaired) electrons. The average molecular weight is 302 g/mol. The monoisotopic (exact) mass is 302 g/mol. The van der Waals surface area contributed by atoms with Gasteiger partial charge in [0.05, 0.1) is 11.1 Å². The van der Waals surface area contributed by atoms with Gasteiger partial charge < -0.3 is 14.0 Å². The minimum absolute atomic E-state index is 0.479. The van der Waals surface area contributed by atoms with Gasteiger partial charge in [-0.2, -0.15) is 26.3 Å². The van der Waals surface area contributed by atoms with Crippen LogP contribution >= 0.6 is 0 Å². The summed E-state index contributed by atoms with van der Waals surface area (Å²) in [4.78, 5) is 0. The minimum atomic E-state index is -5.01. The zero-order valence-electron chi connectivity index (χ0n) is 10.3. The van der Waals surface area contributed by atoms with Gasteiger partial charge in [-0.25, -0.2) is 0 Å². The van der Waals surface area contributed by atoms with Crippen LogP contribution in [0.1, 0.15) is 11.1 Å². The predicted molar refractivity (Wildman–Crippen MR) is 56.8 cm³/mol. The second kappa shape index (κ2) is 5.92. The molecule has 10 heteroatoms. The zero-order valence-corrected chi connectivity index (χ0v) is 10.3. The van der Waals surface area contributed by atoms with Gasteiger partial charge in [0, 0.05) is 14.2 Å². The molecule has 1 aromatic rings. The van der Waals surface area contributed by atoms with Crippen molar-refractivity contribution in [2.24, 2.45) is 0 Å². The first-order valence-electron chi connectivity index (χ1n) is 5.11. The average Bonchev–Trinajstić information content (AvgIpc) is 2.33. The van der Waals surface area contributed by atoms with Crippen LogP contribution in [0.15, 0.2) is 18.2 Å². The highest BCUT2D eigenvalue weighted by atomic mass is 19.4. The molecule has 20 heavy (non-hydrogen) atoms. The van der Waals surface area contributed by atoms with E-state index >= 15 is 0 Å². The molecular weight excluding hydrogens is 293 g/mol. The summed E-state index contributed by atoms with van der Waals surface area (Å²) in [5, 5.41) is 0. The zero-order chi connectivity index (χ0) is 15.6. The van der Waals surface area contributed by atoms with Gasteiger partial charge in [0.1, 0.15) is 5.75 Å². The summed E-state index contributed by atoms with van der Waals surface area (Å²) in [7, 11) is 0.328. The van der Waals surface area contributed by atoms with Crippen molar-refractivity contribution in [1.29, 1.82) is 0 Å². The SMILES string of the molecule is COB(OC)Oc1c(C(F)(F)F)cccc1C(F)(F)F. The number of alkyl halides is 6. The maximum absolute atomic E-state index is 12.7. The molecule has 1 aromatic carbocycles. The van der Waals surface area contributed by atoms with Crippen molar-refractivity contribution in [1.82, 2.24) is 0 Å². The highest BCUT2D eigenvalue weighted by Crippen LogP contribution is 2.44. The lowest BCUT2D eigenvalue weighted by molar-refractivity contribution is -0.144. The second-order valence-corrected chi connectivity index (χ2v) is 3.56. The molecule has 0 aromatic heterocycles. The Balaban J connectivity index is 3.40. The highest BCUT2D eigenvalue weighted by molar-refractivity contribution is 6.37. The molecule has 0 spiro atoms. The topological polar surface area (TPSA) is 27.7 Å². The van der Waals surface area contributed by atoms with E-state index in [9.17, 15) is 26.3 Å². The number of benzene rings is 1. The number of hydrogen-bond donors (Lipinski definition) is 0. The molecule has 0 fully saturated rings. The van der Waals surface area contributed by atoms with Gasteiger partial charge in [-0.05, 0) is 12.1 Å². The molecule has 0 aliphatic carbocycles. The van der Waals surface area contributed by atoms with E-state index in [2.05, 4.69) is 14.0 Å². The van der Waals surface area contributed by atoms with Crippen LogP contribution in [-0.2, 0) is 21.7 Å². The summed E-state index contributed by atoms with van der Waals surface area (Å²) >= 11 is 0. The Hall–Kier alpha value is -1.42. The molecule has 0 amide bonds. The van der Waals surface area contributed by atoms with Gasteiger partial charge >= 0.3 is 19.7 Å². The number of halogens is 6. The van der Waals surface area contributed by atoms with E-state index < -0.39 is 36.6 Å². The lowest BCUT2D eigenvalue weighted by Gasteiger charge is -2.20. The van der Waals surface area contributed by atoms with Crippen LogP contribution in [0.5, 0.6) is 5.75 Å². The van der Waals surface area contributed by atoms with Crippen LogP contribution in [0.4, 0.5) is 26.3 Å². The van der Waals surface area contributed by atoms with E-state index in [0.29, 0.717) is 18.2 Å². The van der Waals surface area contributed by atoms with Crippen LogP contribution in [0.2, 0.25) is 0 Å². The fraction of sp³-hybridized carbons (Fsp3) is 0.400. The predicted octanol–water partition coefficient (Wildman–Crippen LogP) is 3.38. The molecule has 0 heterocycles. The normalized spacial score (nSPS) is 12.4. The molecular formula is C10H9BF6O3. The first-order valence-corrected chi connectivity index (χ1v) is 5.11. The van der Waals surface area contributed by atoms with E-state index in [4.69, 9.17) is 0 Å². The van der Waals surface area contributed by atoms with Crippen LogP contribution in [0.25, 0.3) is 0 Å². The summed E-state index contributed by atoms with van der Waals surface area (Å²) < 4.78 is 89.9. The van der Waals surface area contributed by atoms with Gasteiger partial charge in [0.2, 0.25) is 0 Å². The van der Waals surface area contributed by atoms with E-state index in [1.54, 1.807) is 0 Å². The Morgan fingerprint density at radius 3 is 1.55 bits per heavy atom. The first-order chi connectivity index (χ1) is 9.11.